The summed E-state index contributed by atoms with van der Waals surface area (Å²) in [6.07, 6.45) is -2.51. The van der Waals surface area contributed by atoms with Crippen molar-refractivity contribution in [3.63, 3.8) is 0 Å². The number of fused-ring (bicyclic) bond motifs is 2. The van der Waals surface area contributed by atoms with E-state index in [1.54, 1.807) is 12.1 Å². The topological polar surface area (TPSA) is 93.0 Å². The van der Waals surface area contributed by atoms with Gasteiger partial charge in [-0.25, -0.2) is 0 Å². The third-order valence-corrected chi connectivity index (χ3v) is 7.48. The molecule has 1 aliphatic carbocycles. The molecule has 192 valence electrons. The molecule has 3 aromatic rings. The first-order valence-corrected chi connectivity index (χ1v) is 12.1. The van der Waals surface area contributed by atoms with Crippen LogP contribution in [0.1, 0.15) is 51.3 Å². The molecule has 3 N–H and O–H groups in total. The number of aromatic nitrogens is 1. The summed E-state index contributed by atoms with van der Waals surface area (Å²) in [7, 11) is 0. The first kappa shape index (κ1) is 24.5. The lowest BCUT2D eigenvalue weighted by Crippen LogP contribution is -2.28. The molecule has 1 saturated carbocycles. The van der Waals surface area contributed by atoms with Crippen LogP contribution in [0, 0.1) is 0 Å². The summed E-state index contributed by atoms with van der Waals surface area (Å²) in [6, 6.07) is 12.1. The number of carbonyl (C=O) groups excluding carboxylic acids is 1. The number of aliphatic hydroxyl groups excluding tert-OH is 2. The Morgan fingerprint density at radius 1 is 1.14 bits per heavy atom. The molecule has 0 unspecified atom stereocenters. The lowest BCUT2D eigenvalue weighted by atomic mass is 9.86. The second-order valence-electron chi connectivity index (χ2n) is 10.4. The number of hydrogen-bond acceptors (Lipinski definition) is 5. The van der Waals surface area contributed by atoms with Gasteiger partial charge in [-0.05, 0) is 61.2 Å². The quantitative estimate of drug-likeness (QED) is 0.418. The third-order valence-electron chi connectivity index (χ3n) is 7.48. The summed E-state index contributed by atoms with van der Waals surface area (Å²) in [5, 5.41) is 23.4. The molecule has 1 fully saturated rings. The molecule has 1 amide bonds. The van der Waals surface area contributed by atoms with Gasteiger partial charge in [0.2, 0.25) is 5.91 Å². The number of carbonyl (C=O) groups is 1. The molecular formula is C27H30F2N2O5. The van der Waals surface area contributed by atoms with E-state index in [2.05, 4.69) is 41.6 Å². The number of hydrogen-bond donors (Lipinski definition) is 3. The van der Waals surface area contributed by atoms with E-state index in [0.29, 0.717) is 24.1 Å². The molecule has 1 atom stereocenters. The Bertz CT molecular complexity index is 1330. The molecule has 0 radical (unpaired) electrons. The Hall–Kier alpha value is -3.17. The van der Waals surface area contributed by atoms with Gasteiger partial charge < -0.3 is 29.6 Å². The van der Waals surface area contributed by atoms with Gasteiger partial charge in [-0.3, -0.25) is 4.79 Å². The van der Waals surface area contributed by atoms with Crippen molar-refractivity contribution in [3.8, 4) is 11.5 Å². The molecule has 7 nitrogen and oxygen atoms in total. The van der Waals surface area contributed by atoms with E-state index in [1.165, 1.54) is 12.1 Å². The van der Waals surface area contributed by atoms with E-state index in [1.807, 2.05) is 16.7 Å². The maximum atomic E-state index is 13.4. The predicted octanol–water partition coefficient (Wildman–Crippen LogP) is 4.67. The molecule has 5 rings (SSSR count). The normalized spacial score (nSPS) is 18.3. The Morgan fingerprint density at radius 3 is 2.53 bits per heavy atom. The highest BCUT2D eigenvalue weighted by atomic mass is 19.3. The minimum atomic E-state index is -3.70. The fourth-order valence-corrected chi connectivity index (χ4v) is 4.82. The standard InChI is InChI=1S/C27H30F2N2O5/c1-4-25(2,3)23-12-16-11-18(6-7-20(16)31(23)14-19(33)15-32)30-24(34)26(9-10-26)17-5-8-21-22(13-17)36-27(28,29)35-21/h5-8,11-13,19,32-33H,4,9-10,14-15H2,1-3H3,(H,30,34)/t19-/m1/s1. The van der Waals surface area contributed by atoms with Crippen LogP contribution in [0.2, 0.25) is 0 Å². The van der Waals surface area contributed by atoms with Crippen molar-refractivity contribution in [3.05, 3.63) is 53.7 Å². The predicted molar refractivity (Wildman–Crippen MR) is 131 cm³/mol. The molecule has 9 heteroatoms. The van der Waals surface area contributed by atoms with E-state index < -0.39 is 17.8 Å². The summed E-state index contributed by atoms with van der Waals surface area (Å²) < 4.78 is 37.9. The van der Waals surface area contributed by atoms with Crippen LogP contribution in [0.4, 0.5) is 14.5 Å². The number of nitrogens with zero attached hydrogens (tertiary/aromatic N) is 1. The van der Waals surface area contributed by atoms with Crippen molar-refractivity contribution in [2.75, 3.05) is 11.9 Å². The number of amides is 1. The van der Waals surface area contributed by atoms with Crippen LogP contribution in [0.5, 0.6) is 11.5 Å². The molecular weight excluding hydrogens is 470 g/mol. The fourth-order valence-electron chi connectivity index (χ4n) is 4.82. The highest BCUT2D eigenvalue weighted by Gasteiger charge is 2.52. The molecule has 2 heterocycles. The number of rotatable bonds is 8. The molecule has 2 aromatic carbocycles. The van der Waals surface area contributed by atoms with Gasteiger partial charge in [0.25, 0.3) is 0 Å². The number of anilines is 1. The van der Waals surface area contributed by atoms with Gasteiger partial charge in [-0.1, -0.05) is 26.8 Å². The average Bonchev–Trinajstić information content (AvgIpc) is 3.48. The second kappa shape index (κ2) is 8.45. The van der Waals surface area contributed by atoms with Crippen molar-refractivity contribution < 1.29 is 33.3 Å². The van der Waals surface area contributed by atoms with Gasteiger partial charge in [-0.2, -0.15) is 0 Å². The SMILES string of the molecule is CCC(C)(C)c1cc2cc(NC(=O)C3(c4ccc5c(c4)OC(F)(F)O5)CC3)ccc2n1C[C@@H](O)CO. The summed E-state index contributed by atoms with van der Waals surface area (Å²) in [6.45, 7) is 6.28. The number of benzene rings is 2. The van der Waals surface area contributed by atoms with E-state index in [0.717, 1.165) is 23.0 Å². The van der Waals surface area contributed by atoms with Gasteiger partial charge >= 0.3 is 6.29 Å². The van der Waals surface area contributed by atoms with Crippen molar-refractivity contribution in [2.24, 2.45) is 0 Å². The monoisotopic (exact) mass is 500 g/mol. The van der Waals surface area contributed by atoms with E-state index in [-0.39, 0.29) is 36.0 Å². The smallest absolute Gasteiger partial charge is 0.395 e. The summed E-state index contributed by atoms with van der Waals surface area (Å²) in [5.41, 5.74) is 2.19. The van der Waals surface area contributed by atoms with Crippen LogP contribution in [0.15, 0.2) is 42.5 Å². The lowest BCUT2D eigenvalue weighted by molar-refractivity contribution is -0.286. The van der Waals surface area contributed by atoms with Gasteiger partial charge in [-0.15, -0.1) is 8.78 Å². The van der Waals surface area contributed by atoms with Gasteiger partial charge in [0.05, 0.1) is 24.7 Å². The summed E-state index contributed by atoms with van der Waals surface area (Å²) in [5.74, 6) is -0.334. The Labute approximate surface area is 207 Å². The van der Waals surface area contributed by atoms with Gasteiger partial charge in [0.1, 0.15) is 0 Å². The molecule has 0 bridgehead atoms. The molecule has 0 saturated heterocycles. The third kappa shape index (κ3) is 4.20. The minimum Gasteiger partial charge on any atom is -0.395 e. The van der Waals surface area contributed by atoms with Gasteiger partial charge in [0.15, 0.2) is 11.5 Å². The Morgan fingerprint density at radius 2 is 1.86 bits per heavy atom. The van der Waals surface area contributed by atoms with Crippen LogP contribution < -0.4 is 14.8 Å². The minimum absolute atomic E-state index is 0.0490. The summed E-state index contributed by atoms with van der Waals surface area (Å²) >= 11 is 0. The number of alkyl halides is 2. The fraction of sp³-hybridized carbons (Fsp3) is 0.444. The van der Waals surface area contributed by atoms with Crippen molar-refractivity contribution in [2.45, 2.75) is 69.8 Å². The number of ether oxygens (including phenoxy) is 2. The number of nitrogens with one attached hydrogen (secondary N) is 1. The van der Waals surface area contributed by atoms with E-state index >= 15 is 0 Å². The van der Waals surface area contributed by atoms with E-state index in [4.69, 9.17) is 0 Å². The largest absolute Gasteiger partial charge is 0.586 e. The zero-order chi connectivity index (χ0) is 25.9. The van der Waals surface area contributed by atoms with E-state index in [9.17, 15) is 23.8 Å². The Kier molecular flexibility index (Phi) is 5.76. The molecule has 1 aromatic heterocycles. The highest BCUT2D eigenvalue weighted by Crippen LogP contribution is 2.52. The molecule has 2 aliphatic rings. The van der Waals surface area contributed by atoms with Crippen LogP contribution in [0.3, 0.4) is 0 Å². The number of aliphatic hydroxyl groups is 2. The zero-order valence-corrected chi connectivity index (χ0v) is 20.5. The maximum Gasteiger partial charge on any atom is 0.586 e. The maximum absolute atomic E-state index is 13.4. The molecule has 1 aliphatic heterocycles. The van der Waals surface area contributed by atoms with Crippen LogP contribution in [-0.2, 0) is 22.2 Å². The Balaban J connectivity index is 1.42. The van der Waals surface area contributed by atoms with Crippen LogP contribution in [-0.4, -0.2) is 39.7 Å². The second-order valence-corrected chi connectivity index (χ2v) is 10.4. The molecule has 0 spiro atoms. The first-order chi connectivity index (χ1) is 17.0. The van der Waals surface area contributed by atoms with Crippen molar-refractivity contribution >= 4 is 22.5 Å². The molecule has 36 heavy (non-hydrogen) atoms. The highest BCUT2D eigenvalue weighted by molar-refractivity contribution is 6.02. The zero-order valence-electron chi connectivity index (χ0n) is 20.5. The number of halogens is 2. The van der Waals surface area contributed by atoms with Crippen molar-refractivity contribution in [1.29, 1.82) is 0 Å². The van der Waals surface area contributed by atoms with Crippen LogP contribution >= 0.6 is 0 Å². The lowest BCUT2D eigenvalue weighted by Gasteiger charge is -2.26. The van der Waals surface area contributed by atoms with Crippen molar-refractivity contribution in [1.82, 2.24) is 4.57 Å². The first-order valence-electron chi connectivity index (χ1n) is 12.1. The summed E-state index contributed by atoms with van der Waals surface area (Å²) in [4.78, 5) is 13.3. The van der Waals surface area contributed by atoms with Crippen LogP contribution in [0.25, 0.3) is 10.9 Å². The van der Waals surface area contributed by atoms with Gasteiger partial charge in [0, 0.05) is 27.7 Å². The average molecular weight is 501 g/mol.